The zero-order chi connectivity index (χ0) is 21.5. The highest BCUT2D eigenvalue weighted by Gasteiger charge is 2.12. The molecule has 0 radical (unpaired) electrons. The SMILES string of the molecule is COc1ccc(F)c(CONC(=O)c2cncc(-c3ccc(OC(C)C)cc3)n2)c1. The fourth-order valence-electron chi connectivity index (χ4n) is 2.61. The van der Waals surface area contributed by atoms with Crippen LogP contribution in [-0.2, 0) is 11.4 Å². The van der Waals surface area contributed by atoms with Gasteiger partial charge in [-0.25, -0.2) is 14.9 Å². The number of benzene rings is 2. The van der Waals surface area contributed by atoms with E-state index in [1.54, 1.807) is 6.20 Å². The number of carbonyl (C=O) groups is 1. The Kier molecular flexibility index (Phi) is 6.92. The Morgan fingerprint density at radius 1 is 1.10 bits per heavy atom. The van der Waals surface area contributed by atoms with Crippen molar-refractivity contribution >= 4 is 5.91 Å². The summed E-state index contributed by atoms with van der Waals surface area (Å²) in [6, 6.07) is 11.6. The second kappa shape index (κ2) is 9.80. The first-order valence-electron chi connectivity index (χ1n) is 9.30. The quantitative estimate of drug-likeness (QED) is 0.566. The van der Waals surface area contributed by atoms with E-state index in [1.807, 2.05) is 38.1 Å². The van der Waals surface area contributed by atoms with Gasteiger partial charge in [-0.3, -0.25) is 14.6 Å². The fourth-order valence-corrected chi connectivity index (χ4v) is 2.61. The first kappa shape index (κ1) is 21.2. The third kappa shape index (κ3) is 5.51. The molecule has 1 aromatic heterocycles. The fraction of sp³-hybridized carbons (Fsp3) is 0.227. The molecule has 0 fully saturated rings. The number of methoxy groups -OCH3 is 1. The van der Waals surface area contributed by atoms with Gasteiger partial charge in [0, 0.05) is 11.1 Å². The second-order valence-corrected chi connectivity index (χ2v) is 6.66. The van der Waals surface area contributed by atoms with Crippen molar-refractivity contribution in [2.24, 2.45) is 0 Å². The molecule has 3 rings (SSSR count). The summed E-state index contributed by atoms with van der Waals surface area (Å²) in [5.74, 6) is 0.183. The molecule has 1 heterocycles. The summed E-state index contributed by atoms with van der Waals surface area (Å²) >= 11 is 0. The number of carbonyl (C=O) groups excluding carboxylic acids is 1. The van der Waals surface area contributed by atoms with Crippen LogP contribution in [0.4, 0.5) is 4.39 Å². The van der Waals surface area contributed by atoms with Crippen molar-refractivity contribution in [3.8, 4) is 22.8 Å². The molecule has 3 aromatic rings. The Morgan fingerprint density at radius 3 is 2.53 bits per heavy atom. The lowest BCUT2D eigenvalue weighted by molar-refractivity contribution is 0.0219. The van der Waals surface area contributed by atoms with E-state index in [4.69, 9.17) is 14.3 Å². The predicted molar refractivity (Wildman–Crippen MR) is 108 cm³/mol. The largest absolute Gasteiger partial charge is 0.497 e. The average molecular weight is 411 g/mol. The zero-order valence-corrected chi connectivity index (χ0v) is 16.9. The van der Waals surface area contributed by atoms with Crippen LogP contribution in [0, 0.1) is 5.82 Å². The van der Waals surface area contributed by atoms with E-state index in [9.17, 15) is 9.18 Å². The third-order valence-electron chi connectivity index (χ3n) is 4.03. The molecule has 30 heavy (non-hydrogen) atoms. The van der Waals surface area contributed by atoms with E-state index in [1.165, 1.54) is 31.5 Å². The molecule has 0 bridgehead atoms. The van der Waals surface area contributed by atoms with E-state index < -0.39 is 11.7 Å². The monoisotopic (exact) mass is 411 g/mol. The van der Waals surface area contributed by atoms with Gasteiger partial charge in [-0.15, -0.1) is 0 Å². The van der Waals surface area contributed by atoms with Gasteiger partial charge >= 0.3 is 0 Å². The maximum Gasteiger partial charge on any atom is 0.295 e. The van der Waals surface area contributed by atoms with Crippen molar-refractivity contribution in [3.05, 3.63) is 71.9 Å². The van der Waals surface area contributed by atoms with Gasteiger partial charge in [0.2, 0.25) is 0 Å². The maximum atomic E-state index is 13.8. The van der Waals surface area contributed by atoms with E-state index in [2.05, 4.69) is 15.4 Å². The standard InChI is InChI=1S/C22H22FN3O4/c1-14(2)30-17-6-4-15(5-7-17)20-11-24-12-21(25-20)22(27)26-29-13-16-10-18(28-3)8-9-19(16)23/h4-12,14H,13H2,1-3H3,(H,26,27). The number of nitrogens with zero attached hydrogens (tertiary/aromatic N) is 2. The normalized spacial score (nSPS) is 10.7. The van der Waals surface area contributed by atoms with Crippen LogP contribution in [0.5, 0.6) is 11.5 Å². The molecule has 156 valence electrons. The number of halogens is 1. The predicted octanol–water partition coefficient (Wildman–Crippen LogP) is 3.94. The number of aromatic nitrogens is 2. The zero-order valence-electron chi connectivity index (χ0n) is 16.9. The molecule has 7 nitrogen and oxygen atoms in total. The van der Waals surface area contributed by atoms with Crippen molar-refractivity contribution in [1.82, 2.24) is 15.4 Å². The molecular weight excluding hydrogens is 389 g/mol. The van der Waals surface area contributed by atoms with Crippen molar-refractivity contribution in [2.75, 3.05) is 7.11 Å². The van der Waals surface area contributed by atoms with Crippen molar-refractivity contribution < 1.29 is 23.5 Å². The number of hydrogen-bond acceptors (Lipinski definition) is 6. The van der Waals surface area contributed by atoms with Crippen LogP contribution in [0.15, 0.2) is 54.9 Å². The summed E-state index contributed by atoms with van der Waals surface area (Å²) in [5, 5.41) is 0. The van der Waals surface area contributed by atoms with Crippen LogP contribution >= 0.6 is 0 Å². The van der Waals surface area contributed by atoms with E-state index in [0.717, 1.165) is 11.3 Å². The van der Waals surface area contributed by atoms with Crippen LogP contribution in [-0.4, -0.2) is 29.1 Å². The number of hydroxylamine groups is 1. The van der Waals surface area contributed by atoms with E-state index in [-0.39, 0.29) is 24.0 Å². The van der Waals surface area contributed by atoms with Gasteiger partial charge in [-0.05, 0) is 56.3 Å². The average Bonchev–Trinajstić information content (AvgIpc) is 2.75. The van der Waals surface area contributed by atoms with Crippen LogP contribution in [0.2, 0.25) is 0 Å². The van der Waals surface area contributed by atoms with Crippen LogP contribution in [0.1, 0.15) is 29.9 Å². The summed E-state index contributed by atoms with van der Waals surface area (Å²) < 4.78 is 24.5. The highest BCUT2D eigenvalue weighted by Crippen LogP contribution is 2.21. The Hall–Kier alpha value is -3.52. The number of ether oxygens (including phenoxy) is 2. The molecule has 0 aliphatic rings. The van der Waals surface area contributed by atoms with Gasteiger partial charge in [-0.2, -0.15) is 0 Å². The summed E-state index contributed by atoms with van der Waals surface area (Å²) in [7, 11) is 1.48. The van der Waals surface area contributed by atoms with Crippen molar-refractivity contribution in [1.29, 1.82) is 0 Å². The first-order chi connectivity index (χ1) is 14.5. The van der Waals surface area contributed by atoms with E-state index in [0.29, 0.717) is 11.4 Å². The van der Waals surface area contributed by atoms with Gasteiger partial charge in [-0.1, -0.05) is 0 Å². The Morgan fingerprint density at radius 2 is 1.83 bits per heavy atom. The van der Waals surface area contributed by atoms with Gasteiger partial charge < -0.3 is 9.47 Å². The molecule has 1 amide bonds. The molecule has 0 aliphatic carbocycles. The second-order valence-electron chi connectivity index (χ2n) is 6.66. The summed E-state index contributed by atoms with van der Waals surface area (Å²) in [5.41, 5.74) is 3.88. The number of rotatable bonds is 8. The molecule has 8 heteroatoms. The highest BCUT2D eigenvalue weighted by atomic mass is 19.1. The number of amides is 1. The summed E-state index contributed by atoms with van der Waals surface area (Å²) in [4.78, 5) is 25.8. The van der Waals surface area contributed by atoms with Gasteiger partial charge in [0.05, 0.1) is 31.3 Å². The molecule has 0 saturated heterocycles. The van der Waals surface area contributed by atoms with Crippen LogP contribution in [0.25, 0.3) is 11.3 Å². The topological polar surface area (TPSA) is 82.6 Å². The van der Waals surface area contributed by atoms with Gasteiger partial charge in [0.15, 0.2) is 0 Å². The minimum absolute atomic E-state index is 0.0705. The molecule has 0 unspecified atom stereocenters. The van der Waals surface area contributed by atoms with Gasteiger partial charge in [0.25, 0.3) is 5.91 Å². The molecular formula is C22H22FN3O4. The Balaban J connectivity index is 1.63. The van der Waals surface area contributed by atoms with Crippen molar-refractivity contribution in [3.63, 3.8) is 0 Å². The Bertz CT molecular complexity index is 1010. The Labute approximate surface area is 173 Å². The molecule has 0 atom stereocenters. The lowest BCUT2D eigenvalue weighted by atomic mass is 10.1. The lowest BCUT2D eigenvalue weighted by Gasteiger charge is -2.10. The first-order valence-corrected chi connectivity index (χ1v) is 9.30. The molecule has 0 spiro atoms. The number of hydrogen-bond donors (Lipinski definition) is 1. The summed E-state index contributed by atoms with van der Waals surface area (Å²) in [6.45, 7) is 3.73. The van der Waals surface area contributed by atoms with E-state index >= 15 is 0 Å². The summed E-state index contributed by atoms with van der Waals surface area (Å²) in [6.07, 6.45) is 2.96. The lowest BCUT2D eigenvalue weighted by Crippen LogP contribution is -2.25. The number of nitrogens with one attached hydrogen (secondary N) is 1. The van der Waals surface area contributed by atoms with Crippen molar-refractivity contribution in [2.45, 2.75) is 26.6 Å². The van der Waals surface area contributed by atoms with Crippen LogP contribution < -0.4 is 15.0 Å². The smallest absolute Gasteiger partial charge is 0.295 e. The minimum Gasteiger partial charge on any atom is -0.497 e. The van der Waals surface area contributed by atoms with Crippen LogP contribution in [0.3, 0.4) is 0 Å². The molecule has 0 saturated carbocycles. The molecule has 2 aromatic carbocycles. The maximum absolute atomic E-state index is 13.8. The third-order valence-corrected chi connectivity index (χ3v) is 4.03. The molecule has 0 aliphatic heterocycles. The minimum atomic E-state index is -0.590. The highest BCUT2D eigenvalue weighted by molar-refractivity contribution is 5.91. The molecule has 1 N–H and O–H groups in total. The van der Waals surface area contributed by atoms with Gasteiger partial charge in [0.1, 0.15) is 29.6 Å².